The molecule has 0 fully saturated rings. The molecule has 0 radical (unpaired) electrons. The number of carbonyl (C=O) groups excluding carboxylic acids is 1. The number of nitrogens with one attached hydrogen (secondary N) is 1. The number of carbonyl (C=O) groups is 1. The Morgan fingerprint density at radius 1 is 1.07 bits per heavy atom. The fourth-order valence-corrected chi connectivity index (χ4v) is 3.93. The average molecular weight is 447 g/mol. The van der Waals surface area contributed by atoms with Gasteiger partial charge in [0, 0.05) is 16.8 Å². The van der Waals surface area contributed by atoms with Crippen molar-refractivity contribution in [3.05, 3.63) is 48.0 Å². The van der Waals surface area contributed by atoms with Crippen LogP contribution in [0.5, 0.6) is 11.5 Å². The molecule has 1 N–H and O–H groups in total. The third kappa shape index (κ3) is 4.92. The summed E-state index contributed by atoms with van der Waals surface area (Å²) in [5.41, 5.74) is 1.58. The lowest BCUT2D eigenvalue weighted by atomic mass is 10.1. The highest BCUT2D eigenvalue weighted by Gasteiger charge is 2.17. The van der Waals surface area contributed by atoms with Gasteiger partial charge in [-0.15, -0.1) is 10.2 Å². The molecule has 1 aliphatic heterocycles. The molecule has 0 saturated carbocycles. The first-order valence-corrected chi connectivity index (χ1v) is 11.7. The van der Waals surface area contributed by atoms with E-state index >= 15 is 0 Å². The number of thioether (sulfide) groups is 1. The Bertz CT molecular complexity index is 1180. The first kappa shape index (κ1) is 20.2. The Morgan fingerprint density at radius 3 is 2.53 bits per heavy atom. The number of anilines is 1. The van der Waals surface area contributed by atoms with Crippen LogP contribution in [0.25, 0.3) is 11.5 Å². The van der Waals surface area contributed by atoms with Crippen LogP contribution in [0.2, 0.25) is 0 Å². The van der Waals surface area contributed by atoms with Crippen LogP contribution in [0, 0.1) is 0 Å². The first-order valence-electron chi connectivity index (χ1n) is 8.85. The Kier molecular flexibility index (Phi) is 5.64. The zero-order chi connectivity index (χ0) is 21.1. The van der Waals surface area contributed by atoms with Gasteiger partial charge in [0.1, 0.15) is 13.2 Å². The van der Waals surface area contributed by atoms with E-state index in [0.717, 1.165) is 18.0 Å². The predicted octanol–water partition coefficient (Wildman–Crippen LogP) is 2.85. The van der Waals surface area contributed by atoms with Crippen LogP contribution in [-0.2, 0) is 10.0 Å². The average Bonchev–Trinajstić information content (AvgIpc) is 3.20. The van der Waals surface area contributed by atoms with E-state index in [4.69, 9.17) is 13.9 Å². The zero-order valence-electron chi connectivity index (χ0n) is 15.8. The number of aromatic nitrogens is 2. The molecule has 3 aromatic rings. The molecular weight excluding hydrogens is 430 g/mol. The Balaban J connectivity index is 1.38. The smallest absolute Gasteiger partial charge is 0.277 e. The van der Waals surface area contributed by atoms with Gasteiger partial charge in [-0.05, 0) is 42.5 Å². The molecule has 156 valence electrons. The van der Waals surface area contributed by atoms with Crippen LogP contribution in [0.3, 0.4) is 0 Å². The third-order valence-corrected chi connectivity index (χ3v) is 5.46. The SMILES string of the molecule is CS(=O)(=O)Nc1ccc(-c2nnc(SCC(=O)c3ccc4c(c3)OCCO4)o2)cc1. The molecule has 0 saturated heterocycles. The van der Waals surface area contributed by atoms with Crippen molar-refractivity contribution in [2.24, 2.45) is 0 Å². The highest BCUT2D eigenvalue weighted by molar-refractivity contribution is 7.99. The van der Waals surface area contributed by atoms with Crippen molar-refractivity contribution in [1.82, 2.24) is 10.2 Å². The lowest BCUT2D eigenvalue weighted by molar-refractivity contribution is 0.102. The molecule has 0 amide bonds. The minimum Gasteiger partial charge on any atom is -0.486 e. The quantitative estimate of drug-likeness (QED) is 0.430. The van der Waals surface area contributed by atoms with Gasteiger partial charge >= 0.3 is 0 Å². The zero-order valence-corrected chi connectivity index (χ0v) is 17.5. The van der Waals surface area contributed by atoms with Crippen molar-refractivity contribution in [3.8, 4) is 23.0 Å². The standard InChI is InChI=1S/C19H17N3O6S2/c1-30(24,25)22-14-5-2-12(3-6-14)18-20-21-19(28-18)29-11-15(23)13-4-7-16-17(10-13)27-9-8-26-16/h2-7,10,22H,8-9,11H2,1H3. The maximum atomic E-state index is 12.5. The van der Waals surface area contributed by atoms with E-state index in [2.05, 4.69) is 14.9 Å². The third-order valence-electron chi connectivity index (χ3n) is 4.03. The molecule has 0 spiro atoms. The summed E-state index contributed by atoms with van der Waals surface area (Å²) in [5, 5.41) is 8.18. The lowest BCUT2D eigenvalue weighted by Crippen LogP contribution is -2.16. The van der Waals surface area contributed by atoms with Crippen LogP contribution in [-0.4, -0.2) is 49.6 Å². The summed E-state index contributed by atoms with van der Waals surface area (Å²) >= 11 is 1.13. The van der Waals surface area contributed by atoms with Gasteiger partial charge in [-0.3, -0.25) is 9.52 Å². The van der Waals surface area contributed by atoms with Crippen molar-refractivity contribution < 1.29 is 27.1 Å². The van der Waals surface area contributed by atoms with Crippen molar-refractivity contribution in [3.63, 3.8) is 0 Å². The van der Waals surface area contributed by atoms with E-state index in [0.29, 0.717) is 41.5 Å². The number of benzene rings is 2. The molecule has 0 bridgehead atoms. The second kappa shape index (κ2) is 8.36. The van der Waals surface area contributed by atoms with Gasteiger partial charge in [0.05, 0.1) is 12.0 Å². The number of ketones is 1. The van der Waals surface area contributed by atoms with Gasteiger partial charge in [0.2, 0.25) is 15.9 Å². The van der Waals surface area contributed by atoms with Crippen LogP contribution < -0.4 is 14.2 Å². The van der Waals surface area contributed by atoms with Gasteiger partial charge in [-0.25, -0.2) is 8.42 Å². The number of fused-ring (bicyclic) bond motifs is 1. The molecule has 2 aromatic carbocycles. The van der Waals surface area contributed by atoms with Gasteiger partial charge in [0.15, 0.2) is 17.3 Å². The molecule has 9 nitrogen and oxygen atoms in total. The molecule has 30 heavy (non-hydrogen) atoms. The number of hydrogen-bond donors (Lipinski definition) is 1. The van der Waals surface area contributed by atoms with Crippen LogP contribution in [0.1, 0.15) is 10.4 Å². The molecule has 2 heterocycles. The molecular formula is C19H17N3O6S2. The fraction of sp³-hybridized carbons (Fsp3) is 0.211. The van der Waals surface area contributed by atoms with Gasteiger partial charge < -0.3 is 13.9 Å². The highest BCUT2D eigenvalue weighted by Crippen LogP contribution is 2.31. The Hall–Kier alpha value is -3.05. The minimum absolute atomic E-state index is 0.104. The Morgan fingerprint density at radius 2 is 1.80 bits per heavy atom. The van der Waals surface area contributed by atoms with E-state index < -0.39 is 10.0 Å². The summed E-state index contributed by atoms with van der Waals surface area (Å²) in [6.45, 7) is 0.946. The summed E-state index contributed by atoms with van der Waals surface area (Å²) < 4.78 is 41.5. The molecule has 4 rings (SSSR count). The largest absolute Gasteiger partial charge is 0.486 e. The second-order valence-electron chi connectivity index (χ2n) is 6.39. The maximum absolute atomic E-state index is 12.5. The minimum atomic E-state index is -3.35. The molecule has 0 aliphatic carbocycles. The maximum Gasteiger partial charge on any atom is 0.277 e. The van der Waals surface area contributed by atoms with Crippen molar-refractivity contribution in [2.75, 3.05) is 29.9 Å². The number of rotatable bonds is 7. The Labute approximate surface area is 176 Å². The van der Waals surface area contributed by atoms with Crippen molar-refractivity contribution in [2.45, 2.75) is 5.22 Å². The normalized spacial score (nSPS) is 13.1. The number of sulfonamides is 1. The summed E-state index contributed by atoms with van der Waals surface area (Å²) in [7, 11) is -3.35. The predicted molar refractivity (Wildman–Crippen MR) is 111 cm³/mol. The fourth-order valence-electron chi connectivity index (χ4n) is 2.71. The molecule has 0 unspecified atom stereocenters. The van der Waals surface area contributed by atoms with Crippen molar-refractivity contribution in [1.29, 1.82) is 0 Å². The second-order valence-corrected chi connectivity index (χ2v) is 9.07. The summed E-state index contributed by atoms with van der Waals surface area (Å²) in [6.07, 6.45) is 1.08. The van der Waals surface area contributed by atoms with E-state index in [1.807, 2.05) is 0 Å². The van der Waals surface area contributed by atoms with Crippen molar-refractivity contribution >= 4 is 33.3 Å². The number of nitrogens with zero attached hydrogens (tertiary/aromatic N) is 2. The monoisotopic (exact) mass is 447 g/mol. The molecule has 1 aliphatic rings. The highest BCUT2D eigenvalue weighted by atomic mass is 32.2. The summed E-state index contributed by atoms with van der Waals surface area (Å²) in [6, 6.07) is 11.6. The first-order chi connectivity index (χ1) is 14.4. The van der Waals surface area contributed by atoms with E-state index in [-0.39, 0.29) is 22.6 Å². The number of Topliss-reactive ketones (excluding diaryl/α,β-unsaturated/α-hetero) is 1. The van der Waals surface area contributed by atoms with Gasteiger partial charge in [0.25, 0.3) is 5.22 Å². The van der Waals surface area contributed by atoms with Crippen LogP contribution in [0.4, 0.5) is 5.69 Å². The number of hydrogen-bond acceptors (Lipinski definition) is 9. The molecule has 1 aromatic heterocycles. The van der Waals surface area contributed by atoms with E-state index in [9.17, 15) is 13.2 Å². The molecule has 11 heteroatoms. The lowest BCUT2D eigenvalue weighted by Gasteiger charge is -2.18. The van der Waals surface area contributed by atoms with Gasteiger partial charge in [-0.1, -0.05) is 11.8 Å². The van der Waals surface area contributed by atoms with Crippen LogP contribution >= 0.6 is 11.8 Å². The van der Waals surface area contributed by atoms with E-state index in [1.165, 1.54) is 0 Å². The molecule has 0 atom stereocenters. The van der Waals surface area contributed by atoms with Gasteiger partial charge in [-0.2, -0.15) is 0 Å². The number of ether oxygens (including phenoxy) is 2. The van der Waals surface area contributed by atoms with Crippen LogP contribution in [0.15, 0.2) is 52.1 Å². The van der Waals surface area contributed by atoms with E-state index in [1.54, 1.807) is 42.5 Å². The summed E-state index contributed by atoms with van der Waals surface area (Å²) in [5.74, 6) is 1.48. The summed E-state index contributed by atoms with van der Waals surface area (Å²) in [4.78, 5) is 12.5. The topological polar surface area (TPSA) is 121 Å².